The highest BCUT2D eigenvalue weighted by atomic mass is 16.1. The standard InChI is InChI=1S/C10H14N4O/c1-6(2)5-7-9(11)13-14-4-3-8(15)12-10(7)14/h3-4,6H,5H2,1-2H3,(H2,11,13)(H,12,15). The van der Waals surface area contributed by atoms with Gasteiger partial charge in [0.1, 0.15) is 5.65 Å². The van der Waals surface area contributed by atoms with Gasteiger partial charge in [0.2, 0.25) is 0 Å². The Morgan fingerprint density at radius 3 is 3.00 bits per heavy atom. The zero-order valence-corrected chi connectivity index (χ0v) is 8.82. The van der Waals surface area contributed by atoms with E-state index in [1.54, 1.807) is 10.7 Å². The Labute approximate surface area is 86.9 Å². The van der Waals surface area contributed by atoms with Gasteiger partial charge in [-0.1, -0.05) is 13.8 Å². The van der Waals surface area contributed by atoms with E-state index in [4.69, 9.17) is 5.73 Å². The molecule has 0 atom stereocenters. The molecule has 0 aromatic carbocycles. The highest BCUT2D eigenvalue weighted by Crippen LogP contribution is 2.18. The Kier molecular flexibility index (Phi) is 2.22. The highest BCUT2D eigenvalue weighted by Gasteiger charge is 2.11. The summed E-state index contributed by atoms with van der Waals surface area (Å²) in [6.07, 6.45) is 2.43. The molecule has 0 fully saturated rings. The van der Waals surface area contributed by atoms with Crippen molar-refractivity contribution in [1.82, 2.24) is 14.6 Å². The highest BCUT2D eigenvalue weighted by molar-refractivity contribution is 5.58. The molecule has 2 rings (SSSR count). The van der Waals surface area contributed by atoms with Crippen molar-refractivity contribution < 1.29 is 0 Å². The van der Waals surface area contributed by atoms with Gasteiger partial charge in [-0.05, 0) is 12.3 Å². The smallest absolute Gasteiger partial charge is 0.251 e. The molecule has 3 N–H and O–H groups in total. The average Bonchev–Trinajstić information content (AvgIpc) is 2.43. The van der Waals surface area contributed by atoms with Crippen LogP contribution in [0.5, 0.6) is 0 Å². The van der Waals surface area contributed by atoms with Gasteiger partial charge < -0.3 is 10.7 Å². The minimum Gasteiger partial charge on any atom is -0.382 e. The summed E-state index contributed by atoms with van der Waals surface area (Å²) < 4.78 is 1.61. The van der Waals surface area contributed by atoms with E-state index >= 15 is 0 Å². The van der Waals surface area contributed by atoms with Crippen molar-refractivity contribution in [3.05, 3.63) is 28.2 Å². The quantitative estimate of drug-likeness (QED) is 0.763. The summed E-state index contributed by atoms with van der Waals surface area (Å²) in [7, 11) is 0. The van der Waals surface area contributed by atoms with Crippen LogP contribution in [0.2, 0.25) is 0 Å². The molecule has 0 aliphatic rings. The molecule has 0 radical (unpaired) electrons. The molecule has 0 bridgehead atoms. The second kappa shape index (κ2) is 3.42. The van der Waals surface area contributed by atoms with Crippen LogP contribution in [0, 0.1) is 5.92 Å². The van der Waals surface area contributed by atoms with E-state index < -0.39 is 0 Å². The number of fused-ring (bicyclic) bond motifs is 1. The van der Waals surface area contributed by atoms with E-state index in [1.165, 1.54) is 6.07 Å². The first-order valence-corrected chi connectivity index (χ1v) is 4.94. The number of aromatic amines is 1. The minimum atomic E-state index is -0.132. The lowest BCUT2D eigenvalue weighted by Gasteiger charge is -2.02. The van der Waals surface area contributed by atoms with E-state index in [0.717, 1.165) is 12.0 Å². The third kappa shape index (κ3) is 1.72. The van der Waals surface area contributed by atoms with Crippen LogP contribution in [0.1, 0.15) is 19.4 Å². The van der Waals surface area contributed by atoms with E-state index in [1.807, 2.05) is 0 Å². The number of nitrogen functional groups attached to an aromatic ring is 1. The summed E-state index contributed by atoms with van der Waals surface area (Å²) in [5.41, 5.74) is 7.29. The third-order valence-electron chi connectivity index (χ3n) is 2.26. The monoisotopic (exact) mass is 206 g/mol. The van der Waals surface area contributed by atoms with E-state index in [0.29, 0.717) is 17.4 Å². The molecule has 0 aliphatic heterocycles. The number of nitrogens with zero attached hydrogens (tertiary/aromatic N) is 2. The lowest BCUT2D eigenvalue weighted by Crippen LogP contribution is -2.07. The van der Waals surface area contributed by atoms with Crippen molar-refractivity contribution in [2.45, 2.75) is 20.3 Å². The topological polar surface area (TPSA) is 76.2 Å². The molecule has 0 spiro atoms. The normalized spacial score (nSPS) is 11.4. The van der Waals surface area contributed by atoms with Crippen molar-refractivity contribution in [3.8, 4) is 0 Å². The van der Waals surface area contributed by atoms with Crippen LogP contribution in [0.4, 0.5) is 5.82 Å². The molecule has 0 unspecified atom stereocenters. The van der Waals surface area contributed by atoms with Gasteiger partial charge in [0.25, 0.3) is 5.56 Å². The van der Waals surface area contributed by atoms with Crippen molar-refractivity contribution >= 4 is 11.5 Å². The van der Waals surface area contributed by atoms with Gasteiger partial charge in [-0.2, -0.15) is 0 Å². The Morgan fingerprint density at radius 1 is 1.60 bits per heavy atom. The number of nitrogens with two attached hydrogens (primary N) is 1. The number of hydrogen-bond donors (Lipinski definition) is 2. The molecule has 15 heavy (non-hydrogen) atoms. The second-order valence-electron chi connectivity index (χ2n) is 4.06. The predicted molar refractivity (Wildman–Crippen MR) is 58.8 cm³/mol. The number of aromatic nitrogens is 3. The molecule has 0 saturated heterocycles. The molecule has 2 heterocycles. The van der Waals surface area contributed by atoms with Crippen LogP contribution in [0.15, 0.2) is 17.1 Å². The number of nitrogens with one attached hydrogen (secondary N) is 1. The summed E-state index contributed by atoms with van der Waals surface area (Å²) >= 11 is 0. The first-order chi connectivity index (χ1) is 7.08. The molecule has 2 aromatic rings. The summed E-state index contributed by atoms with van der Waals surface area (Å²) in [5, 5.41) is 4.13. The Balaban J connectivity index is 2.65. The summed E-state index contributed by atoms with van der Waals surface area (Å²) in [6.45, 7) is 4.20. The molecule has 0 saturated carbocycles. The predicted octanol–water partition coefficient (Wildman–Crippen LogP) is 0.803. The maximum atomic E-state index is 11.2. The van der Waals surface area contributed by atoms with Crippen LogP contribution in [-0.2, 0) is 6.42 Å². The summed E-state index contributed by atoms with van der Waals surface area (Å²) in [4.78, 5) is 13.9. The third-order valence-corrected chi connectivity index (χ3v) is 2.26. The molecule has 0 amide bonds. The van der Waals surface area contributed by atoms with Crippen molar-refractivity contribution in [1.29, 1.82) is 0 Å². The van der Waals surface area contributed by atoms with Crippen LogP contribution >= 0.6 is 0 Å². The van der Waals surface area contributed by atoms with Gasteiger partial charge in [0.05, 0.1) is 0 Å². The van der Waals surface area contributed by atoms with Gasteiger partial charge in [0, 0.05) is 17.8 Å². The van der Waals surface area contributed by atoms with Crippen LogP contribution in [0.25, 0.3) is 5.65 Å². The lowest BCUT2D eigenvalue weighted by molar-refractivity contribution is 0.650. The molecule has 2 aromatic heterocycles. The van der Waals surface area contributed by atoms with E-state index in [9.17, 15) is 4.79 Å². The molecular formula is C10H14N4O. The average molecular weight is 206 g/mol. The molecule has 0 aliphatic carbocycles. The van der Waals surface area contributed by atoms with Crippen molar-refractivity contribution in [2.75, 3.05) is 5.73 Å². The number of rotatable bonds is 2. The first-order valence-electron chi connectivity index (χ1n) is 4.94. The minimum absolute atomic E-state index is 0.132. The van der Waals surface area contributed by atoms with Gasteiger partial charge >= 0.3 is 0 Å². The van der Waals surface area contributed by atoms with E-state index in [2.05, 4.69) is 23.9 Å². The second-order valence-corrected chi connectivity index (χ2v) is 4.06. The van der Waals surface area contributed by atoms with Crippen LogP contribution < -0.4 is 11.3 Å². The fourth-order valence-corrected chi connectivity index (χ4v) is 1.63. The van der Waals surface area contributed by atoms with Crippen LogP contribution in [0.3, 0.4) is 0 Å². The van der Waals surface area contributed by atoms with E-state index in [-0.39, 0.29) is 5.56 Å². The van der Waals surface area contributed by atoms with Crippen LogP contribution in [-0.4, -0.2) is 14.6 Å². The SMILES string of the molecule is CC(C)Cc1c(N)nn2ccc(=O)[nH]c12. The van der Waals surface area contributed by atoms with Gasteiger partial charge in [0.15, 0.2) is 5.82 Å². The fourth-order valence-electron chi connectivity index (χ4n) is 1.63. The van der Waals surface area contributed by atoms with Crippen molar-refractivity contribution in [3.63, 3.8) is 0 Å². The van der Waals surface area contributed by atoms with Gasteiger partial charge in [-0.25, -0.2) is 4.52 Å². The Hall–Kier alpha value is -1.78. The maximum Gasteiger partial charge on any atom is 0.251 e. The van der Waals surface area contributed by atoms with Gasteiger partial charge in [-0.15, -0.1) is 5.10 Å². The summed E-state index contributed by atoms with van der Waals surface area (Å²) in [6, 6.07) is 1.43. The van der Waals surface area contributed by atoms with Gasteiger partial charge in [-0.3, -0.25) is 4.79 Å². The number of hydrogen-bond acceptors (Lipinski definition) is 3. The maximum absolute atomic E-state index is 11.2. The van der Waals surface area contributed by atoms with Crippen molar-refractivity contribution in [2.24, 2.45) is 5.92 Å². The molecule has 5 heteroatoms. The molecular weight excluding hydrogens is 192 g/mol. The number of anilines is 1. The Bertz CT molecular complexity index is 538. The largest absolute Gasteiger partial charge is 0.382 e. The lowest BCUT2D eigenvalue weighted by atomic mass is 10.1. The zero-order valence-electron chi connectivity index (χ0n) is 8.82. The molecule has 80 valence electrons. The summed E-state index contributed by atoms with van der Waals surface area (Å²) in [5.74, 6) is 0.967. The zero-order chi connectivity index (χ0) is 11.0. The Morgan fingerprint density at radius 2 is 2.33 bits per heavy atom. The number of H-pyrrole nitrogens is 1. The molecule has 5 nitrogen and oxygen atoms in total. The fraction of sp³-hybridized carbons (Fsp3) is 0.400. The first kappa shape index (κ1) is 9.76.